The van der Waals surface area contributed by atoms with Gasteiger partial charge in [0.1, 0.15) is 12.4 Å². The molecule has 1 aromatic rings. The maximum atomic E-state index is 13.4. The largest absolute Gasteiger partial charge is 0.487 e. The lowest BCUT2D eigenvalue weighted by molar-refractivity contribution is 0.0164. The van der Waals surface area contributed by atoms with Crippen molar-refractivity contribution in [3.05, 3.63) is 28.8 Å². The third kappa shape index (κ3) is 2.26. The number of rotatable bonds is 3. The lowest BCUT2D eigenvalue weighted by Gasteiger charge is -2.10. The molecule has 1 aliphatic carbocycles. The molecule has 0 atom stereocenters. The number of carbonyl (C=O) groups excluding carboxylic acids is 1. The van der Waals surface area contributed by atoms with Crippen LogP contribution < -0.4 is 4.74 Å². The fraction of sp³-hybridized carbons (Fsp3) is 0.333. The van der Waals surface area contributed by atoms with Crippen molar-refractivity contribution in [2.24, 2.45) is 0 Å². The van der Waals surface area contributed by atoms with Crippen LogP contribution in [0.1, 0.15) is 21.5 Å². The number of nitriles is 1. The summed E-state index contributed by atoms with van der Waals surface area (Å²) in [6, 6.07) is 3.89. The molecule has 0 heterocycles. The maximum absolute atomic E-state index is 13.4. The van der Waals surface area contributed by atoms with Crippen molar-refractivity contribution in [3.63, 3.8) is 0 Å². The number of ether oxygens (including phenoxy) is 1. The molecule has 0 unspecified atom stereocenters. The Morgan fingerprint density at radius 1 is 1.42 bits per heavy atom. The molecule has 0 N–H and O–H groups in total. The molecule has 1 aromatic carbocycles. The van der Waals surface area contributed by atoms with Gasteiger partial charge in [0.05, 0.1) is 11.6 Å². The van der Waals surface area contributed by atoms with Crippen LogP contribution in [0.5, 0.6) is 5.75 Å². The van der Waals surface area contributed by atoms with Gasteiger partial charge in [0.15, 0.2) is 0 Å². The standard InChI is InChI=1S/C12H7F4NO2/c13-9(14)5-19-8-2-1-6(4-17)10-7(8)3-12(15,16)11(10)18/h1-2,9H,3,5H2. The van der Waals surface area contributed by atoms with Crippen LogP contribution in [0.4, 0.5) is 17.6 Å². The molecule has 0 spiro atoms. The molecule has 100 valence electrons. The van der Waals surface area contributed by atoms with Crippen molar-refractivity contribution < 1.29 is 27.1 Å². The summed E-state index contributed by atoms with van der Waals surface area (Å²) in [5.41, 5.74) is -0.824. The zero-order valence-electron chi connectivity index (χ0n) is 9.42. The fourth-order valence-electron chi connectivity index (χ4n) is 1.93. The normalized spacial score (nSPS) is 16.3. The van der Waals surface area contributed by atoms with E-state index in [1.807, 2.05) is 0 Å². The summed E-state index contributed by atoms with van der Waals surface area (Å²) < 4.78 is 55.5. The second-order valence-corrected chi connectivity index (χ2v) is 3.99. The SMILES string of the molecule is N#Cc1ccc(OCC(F)F)c2c1C(=O)C(F)(F)C2. The van der Waals surface area contributed by atoms with Crippen LogP contribution in [0.25, 0.3) is 0 Å². The van der Waals surface area contributed by atoms with E-state index in [1.54, 1.807) is 6.07 Å². The van der Waals surface area contributed by atoms with Crippen molar-refractivity contribution in [2.45, 2.75) is 18.8 Å². The molecular weight excluding hydrogens is 266 g/mol. The minimum atomic E-state index is -3.63. The monoisotopic (exact) mass is 273 g/mol. The average molecular weight is 273 g/mol. The van der Waals surface area contributed by atoms with E-state index >= 15 is 0 Å². The minimum absolute atomic E-state index is 0.185. The van der Waals surface area contributed by atoms with E-state index in [2.05, 4.69) is 0 Å². The lowest BCUT2D eigenvalue weighted by atomic mass is 10.0. The molecule has 0 saturated carbocycles. The maximum Gasteiger partial charge on any atom is 0.313 e. The molecule has 2 rings (SSSR count). The molecule has 0 saturated heterocycles. The Bertz CT molecular complexity index is 578. The van der Waals surface area contributed by atoms with E-state index in [9.17, 15) is 22.4 Å². The molecule has 1 aliphatic rings. The number of hydrogen-bond acceptors (Lipinski definition) is 3. The lowest BCUT2D eigenvalue weighted by Crippen LogP contribution is -2.24. The van der Waals surface area contributed by atoms with E-state index in [-0.39, 0.29) is 16.9 Å². The highest BCUT2D eigenvalue weighted by Gasteiger charge is 2.49. The quantitative estimate of drug-likeness (QED) is 0.795. The fourth-order valence-corrected chi connectivity index (χ4v) is 1.93. The van der Waals surface area contributed by atoms with Gasteiger partial charge < -0.3 is 4.74 Å². The summed E-state index contributed by atoms with van der Waals surface area (Å²) in [7, 11) is 0. The predicted octanol–water partition coefficient (Wildman–Crippen LogP) is 2.58. The molecule has 19 heavy (non-hydrogen) atoms. The molecule has 0 radical (unpaired) electrons. The highest BCUT2D eigenvalue weighted by atomic mass is 19.3. The third-order valence-corrected chi connectivity index (χ3v) is 2.71. The van der Waals surface area contributed by atoms with Gasteiger partial charge in [-0.1, -0.05) is 0 Å². The number of nitrogens with zero attached hydrogens (tertiary/aromatic N) is 1. The first kappa shape index (κ1) is 13.3. The predicted molar refractivity (Wildman–Crippen MR) is 55.6 cm³/mol. The zero-order valence-corrected chi connectivity index (χ0v) is 9.42. The number of benzene rings is 1. The van der Waals surface area contributed by atoms with Crippen molar-refractivity contribution in [1.29, 1.82) is 5.26 Å². The van der Waals surface area contributed by atoms with Crippen LogP contribution in [0.3, 0.4) is 0 Å². The summed E-state index contributed by atoms with van der Waals surface area (Å²) in [5, 5.41) is 8.79. The van der Waals surface area contributed by atoms with E-state index in [0.717, 1.165) is 12.1 Å². The second-order valence-electron chi connectivity index (χ2n) is 3.99. The third-order valence-electron chi connectivity index (χ3n) is 2.71. The molecule has 7 heteroatoms. The van der Waals surface area contributed by atoms with Gasteiger partial charge >= 0.3 is 5.92 Å². The Balaban J connectivity index is 2.48. The number of hydrogen-bond donors (Lipinski definition) is 0. The van der Waals surface area contributed by atoms with Crippen molar-refractivity contribution in [2.75, 3.05) is 6.61 Å². The summed E-state index contributed by atoms with van der Waals surface area (Å²) in [4.78, 5) is 11.5. The Morgan fingerprint density at radius 3 is 2.68 bits per heavy atom. The molecule has 0 aliphatic heterocycles. The number of alkyl halides is 4. The first-order valence-electron chi connectivity index (χ1n) is 5.26. The zero-order chi connectivity index (χ0) is 14.2. The Hall–Kier alpha value is -2.10. The van der Waals surface area contributed by atoms with Gasteiger partial charge in [-0.2, -0.15) is 14.0 Å². The first-order chi connectivity index (χ1) is 8.86. The van der Waals surface area contributed by atoms with Gasteiger partial charge in [0.2, 0.25) is 5.78 Å². The van der Waals surface area contributed by atoms with Gasteiger partial charge in [-0.05, 0) is 12.1 Å². The molecular formula is C12H7F4NO2. The molecule has 0 amide bonds. The highest BCUT2D eigenvalue weighted by molar-refractivity contribution is 6.08. The summed E-state index contributed by atoms with van der Waals surface area (Å²) in [5.74, 6) is -5.31. The Labute approximate surface area is 105 Å². The highest BCUT2D eigenvalue weighted by Crippen LogP contribution is 2.40. The Morgan fingerprint density at radius 2 is 2.11 bits per heavy atom. The number of fused-ring (bicyclic) bond motifs is 1. The van der Waals surface area contributed by atoms with Gasteiger partial charge in [-0.3, -0.25) is 4.79 Å². The van der Waals surface area contributed by atoms with E-state index in [4.69, 9.17) is 10.00 Å². The number of ketones is 1. The second kappa shape index (κ2) is 4.53. The number of halogens is 4. The van der Waals surface area contributed by atoms with Crippen molar-refractivity contribution in [1.82, 2.24) is 0 Å². The van der Waals surface area contributed by atoms with Gasteiger partial charge in [-0.15, -0.1) is 0 Å². The molecule has 3 nitrogen and oxygen atoms in total. The molecule has 0 fully saturated rings. The van der Waals surface area contributed by atoms with Crippen LogP contribution >= 0.6 is 0 Å². The van der Waals surface area contributed by atoms with Crippen LogP contribution in [-0.2, 0) is 6.42 Å². The van der Waals surface area contributed by atoms with E-state index < -0.39 is 36.7 Å². The molecule has 0 aromatic heterocycles. The smallest absolute Gasteiger partial charge is 0.313 e. The molecule has 0 bridgehead atoms. The number of carbonyl (C=O) groups is 1. The van der Waals surface area contributed by atoms with Crippen molar-refractivity contribution >= 4 is 5.78 Å². The average Bonchev–Trinajstić information content (AvgIpc) is 2.58. The van der Waals surface area contributed by atoms with Crippen molar-refractivity contribution in [3.8, 4) is 11.8 Å². The van der Waals surface area contributed by atoms with Gasteiger partial charge in [0.25, 0.3) is 6.43 Å². The van der Waals surface area contributed by atoms with Gasteiger partial charge in [0, 0.05) is 17.5 Å². The van der Waals surface area contributed by atoms with Crippen LogP contribution in [0.2, 0.25) is 0 Å². The summed E-state index contributed by atoms with van der Waals surface area (Å²) in [6.45, 7) is -0.960. The first-order valence-corrected chi connectivity index (χ1v) is 5.26. The van der Waals surface area contributed by atoms with Crippen LogP contribution in [0, 0.1) is 11.3 Å². The summed E-state index contributed by atoms with van der Waals surface area (Å²) in [6.07, 6.45) is -3.70. The Kier molecular flexibility index (Phi) is 3.18. The van der Waals surface area contributed by atoms with Crippen LogP contribution in [-0.4, -0.2) is 24.7 Å². The van der Waals surface area contributed by atoms with E-state index in [0.29, 0.717) is 0 Å². The van der Waals surface area contributed by atoms with Gasteiger partial charge in [-0.25, -0.2) is 8.78 Å². The van der Waals surface area contributed by atoms with Crippen LogP contribution in [0.15, 0.2) is 12.1 Å². The minimum Gasteiger partial charge on any atom is -0.487 e. The van der Waals surface area contributed by atoms with E-state index in [1.165, 1.54) is 0 Å². The number of Topliss-reactive ketones (excluding diaryl/α,β-unsaturated/α-hetero) is 1. The summed E-state index contributed by atoms with van der Waals surface area (Å²) >= 11 is 0. The topological polar surface area (TPSA) is 50.1 Å².